The molecule has 0 saturated carbocycles. The topological polar surface area (TPSA) is 55.6 Å². The molecule has 1 spiro atoms. The molecular formula is C21H24N2O2S. The van der Waals surface area contributed by atoms with Crippen molar-refractivity contribution < 1.29 is 9.53 Å². The van der Waals surface area contributed by atoms with Crippen molar-refractivity contribution in [2.24, 2.45) is 5.73 Å². The maximum atomic E-state index is 12.9. The highest BCUT2D eigenvalue weighted by Gasteiger charge is 2.44. The lowest BCUT2D eigenvalue weighted by atomic mass is 9.74. The van der Waals surface area contributed by atoms with E-state index in [1.165, 1.54) is 5.56 Å². The number of aryl methyl sites for hydroxylation is 1. The number of ether oxygens (including phenoxy) is 1. The van der Waals surface area contributed by atoms with Crippen LogP contribution in [-0.4, -0.2) is 30.5 Å². The minimum atomic E-state index is 0.0114. The summed E-state index contributed by atoms with van der Waals surface area (Å²) in [5.41, 5.74) is 9.95. The van der Waals surface area contributed by atoms with Gasteiger partial charge in [-0.3, -0.25) is 4.79 Å². The number of thiophene rings is 1. The molecule has 2 aliphatic rings. The van der Waals surface area contributed by atoms with Crippen molar-refractivity contribution >= 4 is 22.8 Å². The zero-order chi connectivity index (χ0) is 18.3. The summed E-state index contributed by atoms with van der Waals surface area (Å²) in [6.45, 7) is 8.79. The summed E-state index contributed by atoms with van der Waals surface area (Å²) in [4.78, 5) is 15.8. The van der Waals surface area contributed by atoms with Crippen LogP contribution in [0.5, 0.6) is 5.75 Å². The highest BCUT2D eigenvalue weighted by Crippen LogP contribution is 2.46. The standard InChI is InChI=1S/C21H24N2O2S/c1-14-5-10-26-19(14)15(2)20(24)23-8-6-21(7-9-23)13-25-18-4-3-16(12-22)11-17(18)21/h3-5,10-11H,2,6-9,12-13,22H2,1H3. The molecule has 0 radical (unpaired) electrons. The molecule has 0 unspecified atom stereocenters. The van der Waals surface area contributed by atoms with Crippen LogP contribution in [0.15, 0.2) is 36.2 Å². The van der Waals surface area contributed by atoms with Crippen molar-refractivity contribution in [1.82, 2.24) is 4.90 Å². The highest BCUT2D eigenvalue weighted by molar-refractivity contribution is 7.11. The molecular weight excluding hydrogens is 344 g/mol. The molecule has 1 saturated heterocycles. The second kappa shape index (κ2) is 6.56. The minimum Gasteiger partial charge on any atom is -0.492 e. The van der Waals surface area contributed by atoms with Gasteiger partial charge in [0.25, 0.3) is 5.91 Å². The predicted octanol–water partition coefficient (Wildman–Crippen LogP) is 3.48. The lowest BCUT2D eigenvalue weighted by Gasteiger charge is -2.38. The number of nitrogens with zero attached hydrogens (tertiary/aromatic N) is 1. The summed E-state index contributed by atoms with van der Waals surface area (Å²) >= 11 is 1.58. The number of fused-ring (bicyclic) bond motifs is 2. The Morgan fingerprint density at radius 1 is 1.35 bits per heavy atom. The zero-order valence-corrected chi connectivity index (χ0v) is 15.9. The molecule has 3 heterocycles. The van der Waals surface area contributed by atoms with Gasteiger partial charge in [-0.05, 0) is 48.4 Å². The van der Waals surface area contributed by atoms with Crippen molar-refractivity contribution in [2.75, 3.05) is 19.7 Å². The summed E-state index contributed by atoms with van der Waals surface area (Å²) in [7, 11) is 0. The molecule has 1 fully saturated rings. The smallest absolute Gasteiger partial charge is 0.254 e. The number of likely N-dealkylation sites (tertiary alicyclic amines) is 1. The van der Waals surface area contributed by atoms with Gasteiger partial charge in [0.15, 0.2) is 0 Å². The first kappa shape index (κ1) is 17.3. The number of hydrogen-bond donors (Lipinski definition) is 1. The molecule has 1 aromatic heterocycles. The van der Waals surface area contributed by atoms with Gasteiger partial charge in [0.1, 0.15) is 5.75 Å². The maximum absolute atomic E-state index is 12.9. The van der Waals surface area contributed by atoms with E-state index in [2.05, 4.69) is 12.6 Å². The molecule has 0 bridgehead atoms. The third-order valence-electron chi connectivity index (χ3n) is 5.76. The Kier molecular flexibility index (Phi) is 4.37. The van der Waals surface area contributed by atoms with E-state index in [0.717, 1.165) is 47.7 Å². The Morgan fingerprint density at radius 3 is 2.77 bits per heavy atom. The molecule has 2 aliphatic heterocycles. The molecule has 1 amide bonds. The number of carbonyl (C=O) groups is 1. The fraction of sp³-hybridized carbons (Fsp3) is 0.381. The molecule has 2 aromatic rings. The number of amides is 1. The van der Waals surface area contributed by atoms with Crippen molar-refractivity contribution in [1.29, 1.82) is 0 Å². The Labute approximate surface area is 158 Å². The van der Waals surface area contributed by atoms with E-state index in [1.54, 1.807) is 11.3 Å². The largest absolute Gasteiger partial charge is 0.492 e. The number of benzene rings is 1. The number of piperidine rings is 1. The molecule has 26 heavy (non-hydrogen) atoms. The lowest BCUT2D eigenvalue weighted by Crippen LogP contribution is -2.46. The number of hydrogen-bond acceptors (Lipinski definition) is 4. The first-order valence-corrected chi connectivity index (χ1v) is 9.91. The van der Waals surface area contributed by atoms with Gasteiger partial charge in [0.05, 0.1) is 6.61 Å². The van der Waals surface area contributed by atoms with E-state index in [1.807, 2.05) is 35.4 Å². The van der Waals surface area contributed by atoms with Gasteiger partial charge < -0.3 is 15.4 Å². The van der Waals surface area contributed by atoms with Crippen LogP contribution < -0.4 is 10.5 Å². The molecule has 0 aliphatic carbocycles. The van der Waals surface area contributed by atoms with Crippen molar-refractivity contribution in [2.45, 2.75) is 31.7 Å². The van der Waals surface area contributed by atoms with E-state index in [-0.39, 0.29) is 11.3 Å². The van der Waals surface area contributed by atoms with E-state index in [9.17, 15) is 4.79 Å². The molecule has 5 heteroatoms. The van der Waals surface area contributed by atoms with Crippen LogP contribution in [0, 0.1) is 6.92 Å². The zero-order valence-electron chi connectivity index (χ0n) is 15.1. The molecule has 1 aromatic carbocycles. The van der Waals surface area contributed by atoms with Crippen LogP contribution in [0.1, 0.15) is 34.4 Å². The Bertz CT molecular complexity index is 863. The Morgan fingerprint density at radius 2 is 2.12 bits per heavy atom. The van der Waals surface area contributed by atoms with Gasteiger partial charge in [0, 0.05) is 41.1 Å². The van der Waals surface area contributed by atoms with Crippen LogP contribution in [0.25, 0.3) is 5.57 Å². The number of carbonyl (C=O) groups excluding carboxylic acids is 1. The molecule has 0 atom stereocenters. The molecule has 2 N–H and O–H groups in total. The van der Waals surface area contributed by atoms with Gasteiger partial charge in [-0.15, -0.1) is 11.3 Å². The first-order chi connectivity index (χ1) is 12.5. The van der Waals surface area contributed by atoms with Gasteiger partial charge >= 0.3 is 0 Å². The second-order valence-electron chi connectivity index (χ2n) is 7.31. The van der Waals surface area contributed by atoms with Crippen molar-refractivity contribution in [3.63, 3.8) is 0 Å². The van der Waals surface area contributed by atoms with Gasteiger partial charge in [-0.25, -0.2) is 0 Å². The van der Waals surface area contributed by atoms with Crippen LogP contribution in [0.2, 0.25) is 0 Å². The van der Waals surface area contributed by atoms with Gasteiger partial charge in [-0.1, -0.05) is 18.7 Å². The van der Waals surface area contributed by atoms with Crippen LogP contribution in [0.4, 0.5) is 0 Å². The van der Waals surface area contributed by atoms with E-state index < -0.39 is 0 Å². The third kappa shape index (κ3) is 2.75. The number of rotatable bonds is 3. The molecule has 136 valence electrons. The normalized spacial score (nSPS) is 17.8. The summed E-state index contributed by atoms with van der Waals surface area (Å²) in [6.07, 6.45) is 1.83. The van der Waals surface area contributed by atoms with Crippen LogP contribution >= 0.6 is 11.3 Å². The summed E-state index contributed by atoms with van der Waals surface area (Å²) in [5.74, 6) is 1.03. The average molecular weight is 369 g/mol. The summed E-state index contributed by atoms with van der Waals surface area (Å²) in [5, 5.41) is 2.01. The Balaban J connectivity index is 1.50. The first-order valence-electron chi connectivity index (χ1n) is 9.03. The minimum absolute atomic E-state index is 0.0114. The predicted molar refractivity (Wildman–Crippen MR) is 105 cm³/mol. The SMILES string of the molecule is C=C(C(=O)N1CCC2(CC1)COc1ccc(CN)cc12)c1sccc1C. The van der Waals surface area contributed by atoms with Crippen LogP contribution in [-0.2, 0) is 16.8 Å². The molecule has 4 nitrogen and oxygen atoms in total. The number of nitrogens with two attached hydrogens (primary N) is 1. The lowest BCUT2D eigenvalue weighted by molar-refractivity contribution is -0.126. The quantitative estimate of drug-likeness (QED) is 0.844. The Hall–Kier alpha value is -2.11. The monoisotopic (exact) mass is 368 g/mol. The van der Waals surface area contributed by atoms with Gasteiger partial charge in [-0.2, -0.15) is 0 Å². The van der Waals surface area contributed by atoms with E-state index in [0.29, 0.717) is 18.7 Å². The third-order valence-corrected chi connectivity index (χ3v) is 6.83. The average Bonchev–Trinajstić information content (AvgIpc) is 3.25. The van der Waals surface area contributed by atoms with Crippen LogP contribution in [0.3, 0.4) is 0 Å². The van der Waals surface area contributed by atoms with Gasteiger partial charge in [0.2, 0.25) is 0 Å². The fourth-order valence-corrected chi connectivity index (χ4v) is 4.95. The van der Waals surface area contributed by atoms with Crippen molar-refractivity contribution in [3.05, 3.63) is 57.8 Å². The maximum Gasteiger partial charge on any atom is 0.254 e. The van der Waals surface area contributed by atoms with Crippen molar-refractivity contribution in [3.8, 4) is 5.75 Å². The van der Waals surface area contributed by atoms with E-state index in [4.69, 9.17) is 10.5 Å². The van der Waals surface area contributed by atoms with E-state index >= 15 is 0 Å². The molecule has 4 rings (SSSR count). The second-order valence-corrected chi connectivity index (χ2v) is 8.22. The summed E-state index contributed by atoms with van der Waals surface area (Å²) < 4.78 is 5.95. The fourth-order valence-electron chi connectivity index (χ4n) is 4.06. The summed E-state index contributed by atoms with van der Waals surface area (Å²) in [6, 6.07) is 8.29. The highest BCUT2D eigenvalue weighted by atomic mass is 32.1.